The Balaban J connectivity index is 3.53. The van der Waals surface area contributed by atoms with Crippen LogP contribution in [0.2, 0.25) is 0 Å². The van der Waals surface area contributed by atoms with Crippen LogP contribution in [0.1, 0.15) is 13.3 Å². The minimum atomic E-state index is -1.12. The van der Waals surface area contributed by atoms with Crippen molar-refractivity contribution in [2.24, 2.45) is 0 Å². The molecule has 0 spiro atoms. The van der Waals surface area contributed by atoms with Gasteiger partial charge in [0, 0.05) is 0 Å². The molecule has 0 rings (SSSR count). The summed E-state index contributed by atoms with van der Waals surface area (Å²) in [5.41, 5.74) is 0. The lowest BCUT2D eigenvalue weighted by Crippen LogP contribution is -2.16. The average molecular weight is 149 g/mol. The Hall–Kier alpha value is -1.33. The zero-order valence-corrected chi connectivity index (χ0v) is 5.31. The molecule has 0 aliphatic rings. The van der Waals surface area contributed by atoms with E-state index in [0.717, 1.165) is 0 Å². The molecule has 58 valence electrons. The molecule has 1 N–H and O–H groups in total. The molecule has 6 heteroatoms. The second-order valence-electron chi connectivity index (χ2n) is 1.74. The van der Waals surface area contributed by atoms with Crippen LogP contribution in [0.4, 0.5) is 0 Å². The third-order valence-electron chi connectivity index (χ3n) is 0.728. The minimum absolute atomic E-state index is 0.360. The van der Waals surface area contributed by atoms with E-state index in [2.05, 4.69) is 4.84 Å². The largest absolute Gasteiger partial charge is 0.481 e. The van der Waals surface area contributed by atoms with E-state index >= 15 is 0 Å². The Morgan fingerprint density at radius 2 is 2.40 bits per heavy atom. The van der Waals surface area contributed by atoms with E-state index in [4.69, 9.17) is 5.11 Å². The maximum absolute atomic E-state index is 9.89. The summed E-state index contributed by atoms with van der Waals surface area (Å²) in [5.74, 6) is -1.12. The molecule has 0 amide bonds. The Kier molecular flexibility index (Phi) is 3.16. The molecule has 0 aromatic rings. The second kappa shape index (κ2) is 3.65. The highest BCUT2D eigenvalue weighted by atomic mass is 17.0. The van der Waals surface area contributed by atoms with Gasteiger partial charge in [0.1, 0.15) is 6.10 Å². The van der Waals surface area contributed by atoms with Gasteiger partial charge in [0.05, 0.1) is 6.42 Å². The number of hydrogen-bond donors (Lipinski definition) is 1. The molecule has 10 heavy (non-hydrogen) atoms. The van der Waals surface area contributed by atoms with Crippen LogP contribution in [0.25, 0.3) is 0 Å². The molecule has 0 heterocycles. The first-order chi connectivity index (χ1) is 4.52. The monoisotopic (exact) mass is 149 g/mol. The van der Waals surface area contributed by atoms with Gasteiger partial charge in [-0.15, -0.1) is 10.1 Å². The van der Waals surface area contributed by atoms with Crippen LogP contribution >= 0.6 is 0 Å². The van der Waals surface area contributed by atoms with E-state index in [1.54, 1.807) is 0 Å². The first-order valence-corrected chi connectivity index (χ1v) is 2.55. The molecular weight excluding hydrogens is 142 g/mol. The van der Waals surface area contributed by atoms with Crippen molar-refractivity contribution in [3.05, 3.63) is 10.1 Å². The van der Waals surface area contributed by atoms with E-state index in [-0.39, 0.29) is 6.42 Å². The third-order valence-corrected chi connectivity index (χ3v) is 0.728. The smallest absolute Gasteiger partial charge is 0.305 e. The SMILES string of the molecule is CC(CC(=O)O)O[N+](=O)[O-]. The number of rotatable bonds is 4. The molecular formula is C4H7NO5. The third kappa shape index (κ3) is 4.82. The average Bonchev–Trinajstić information content (AvgIpc) is 1.58. The van der Waals surface area contributed by atoms with Gasteiger partial charge in [0.2, 0.25) is 0 Å². The quantitative estimate of drug-likeness (QED) is 0.450. The predicted octanol–water partition coefficient (Wildman–Crippen LogP) is 0.0579. The summed E-state index contributed by atoms with van der Waals surface area (Å²) in [6.45, 7) is 1.32. The van der Waals surface area contributed by atoms with Crippen LogP contribution in [-0.2, 0) is 9.63 Å². The van der Waals surface area contributed by atoms with Gasteiger partial charge in [-0.1, -0.05) is 0 Å². The van der Waals surface area contributed by atoms with E-state index in [1.807, 2.05) is 0 Å². The fourth-order valence-electron chi connectivity index (χ4n) is 0.430. The van der Waals surface area contributed by atoms with Crippen LogP contribution in [0.5, 0.6) is 0 Å². The predicted molar refractivity (Wildman–Crippen MR) is 29.8 cm³/mol. The van der Waals surface area contributed by atoms with Crippen LogP contribution in [0.15, 0.2) is 0 Å². The molecule has 0 saturated carbocycles. The molecule has 0 aromatic carbocycles. The Morgan fingerprint density at radius 1 is 1.90 bits per heavy atom. The number of carbonyl (C=O) groups is 1. The number of carboxylic acid groups (broad SMARTS) is 1. The van der Waals surface area contributed by atoms with Gasteiger partial charge in [-0.25, -0.2) is 0 Å². The van der Waals surface area contributed by atoms with Crippen molar-refractivity contribution in [1.29, 1.82) is 0 Å². The number of hydrogen-bond acceptors (Lipinski definition) is 4. The number of nitrogens with zero attached hydrogens (tertiary/aromatic N) is 1. The van der Waals surface area contributed by atoms with Crippen molar-refractivity contribution in [2.45, 2.75) is 19.4 Å². The molecule has 0 bridgehead atoms. The fourth-order valence-corrected chi connectivity index (χ4v) is 0.430. The Labute approximate surface area is 56.5 Å². The highest BCUT2D eigenvalue weighted by Crippen LogP contribution is 1.95. The van der Waals surface area contributed by atoms with Gasteiger partial charge in [0.25, 0.3) is 5.09 Å². The molecule has 6 nitrogen and oxygen atoms in total. The van der Waals surface area contributed by atoms with Crippen molar-refractivity contribution in [2.75, 3.05) is 0 Å². The molecule has 0 fully saturated rings. The lowest BCUT2D eigenvalue weighted by Gasteiger charge is -2.03. The van der Waals surface area contributed by atoms with Gasteiger partial charge < -0.3 is 9.94 Å². The summed E-state index contributed by atoms with van der Waals surface area (Å²) >= 11 is 0. The highest BCUT2D eigenvalue weighted by molar-refractivity contribution is 5.67. The molecule has 0 radical (unpaired) electrons. The summed E-state index contributed by atoms with van der Waals surface area (Å²) in [5, 5.41) is 16.7. The van der Waals surface area contributed by atoms with E-state index < -0.39 is 17.2 Å². The maximum atomic E-state index is 9.89. The highest BCUT2D eigenvalue weighted by Gasteiger charge is 2.10. The van der Waals surface area contributed by atoms with Crippen molar-refractivity contribution < 1.29 is 19.8 Å². The molecule has 0 aromatic heterocycles. The van der Waals surface area contributed by atoms with Gasteiger partial charge in [-0.05, 0) is 6.92 Å². The van der Waals surface area contributed by atoms with E-state index in [0.29, 0.717) is 0 Å². The van der Waals surface area contributed by atoms with Crippen LogP contribution in [0.3, 0.4) is 0 Å². The van der Waals surface area contributed by atoms with Gasteiger partial charge in [-0.3, -0.25) is 4.79 Å². The van der Waals surface area contributed by atoms with Crippen molar-refractivity contribution in [1.82, 2.24) is 0 Å². The van der Waals surface area contributed by atoms with Gasteiger partial charge in [0.15, 0.2) is 0 Å². The maximum Gasteiger partial charge on any atom is 0.305 e. The lowest BCUT2D eigenvalue weighted by atomic mass is 10.3. The normalized spacial score (nSPS) is 12.1. The van der Waals surface area contributed by atoms with Crippen molar-refractivity contribution in [3.8, 4) is 0 Å². The first kappa shape index (κ1) is 8.67. The van der Waals surface area contributed by atoms with E-state index in [9.17, 15) is 14.9 Å². The van der Waals surface area contributed by atoms with Crippen LogP contribution < -0.4 is 0 Å². The molecule has 0 aliphatic heterocycles. The standard InChI is InChI=1S/C4H7NO5/c1-3(2-4(6)7)10-5(8)9/h3H,2H2,1H3,(H,6,7). The molecule has 0 saturated heterocycles. The molecule has 1 atom stereocenters. The molecule has 0 aliphatic carbocycles. The summed E-state index contributed by atoms with van der Waals surface area (Å²) in [4.78, 5) is 23.4. The van der Waals surface area contributed by atoms with Crippen molar-refractivity contribution >= 4 is 5.97 Å². The summed E-state index contributed by atoms with van der Waals surface area (Å²) in [7, 11) is 0. The summed E-state index contributed by atoms with van der Waals surface area (Å²) < 4.78 is 0. The number of aliphatic carboxylic acids is 1. The van der Waals surface area contributed by atoms with Crippen molar-refractivity contribution in [3.63, 3.8) is 0 Å². The summed E-state index contributed by atoms with van der Waals surface area (Å²) in [6.07, 6.45) is -1.24. The first-order valence-electron chi connectivity index (χ1n) is 2.55. The number of carboxylic acids is 1. The minimum Gasteiger partial charge on any atom is -0.481 e. The Bertz CT molecular complexity index is 129. The van der Waals surface area contributed by atoms with Crippen LogP contribution in [-0.4, -0.2) is 22.3 Å². The summed E-state index contributed by atoms with van der Waals surface area (Å²) in [6, 6.07) is 0. The van der Waals surface area contributed by atoms with E-state index in [1.165, 1.54) is 6.92 Å². The zero-order chi connectivity index (χ0) is 8.15. The molecule has 1 unspecified atom stereocenters. The Morgan fingerprint density at radius 3 is 2.70 bits per heavy atom. The lowest BCUT2D eigenvalue weighted by molar-refractivity contribution is -0.767. The second-order valence-corrected chi connectivity index (χ2v) is 1.74. The van der Waals surface area contributed by atoms with Gasteiger partial charge in [-0.2, -0.15) is 0 Å². The van der Waals surface area contributed by atoms with Gasteiger partial charge >= 0.3 is 5.97 Å². The fraction of sp³-hybridized carbons (Fsp3) is 0.750. The zero-order valence-electron chi connectivity index (χ0n) is 5.31. The topological polar surface area (TPSA) is 89.7 Å². The van der Waals surface area contributed by atoms with Crippen LogP contribution in [0, 0.1) is 10.1 Å².